The third kappa shape index (κ3) is 6.81. The molecule has 0 saturated carbocycles. The number of hydrogen-bond donors (Lipinski definition) is 4. The number of pyridine rings is 2. The Bertz CT molecular complexity index is 1370. The van der Waals surface area contributed by atoms with Crippen molar-refractivity contribution >= 4 is 40.5 Å². The number of fused-ring (bicyclic) bond motifs is 2. The minimum absolute atomic E-state index is 0.0572. The first-order valence-electron chi connectivity index (χ1n) is 13.2. The number of nitrogens with one attached hydrogen (secondary N) is 2. The van der Waals surface area contributed by atoms with Crippen molar-refractivity contribution in [3.05, 3.63) is 48.2 Å². The molecule has 1 aromatic carbocycles. The van der Waals surface area contributed by atoms with Gasteiger partial charge in [0.1, 0.15) is 11.6 Å². The summed E-state index contributed by atoms with van der Waals surface area (Å²) >= 11 is 1.37. The first-order valence-corrected chi connectivity index (χ1v) is 14.2. The average Bonchev–Trinajstić information content (AvgIpc) is 2.96. The van der Waals surface area contributed by atoms with E-state index in [0.717, 1.165) is 34.2 Å². The van der Waals surface area contributed by atoms with Gasteiger partial charge in [0.15, 0.2) is 0 Å². The fraction of sp³-hybridized carbons (Fsp3) is 0.429. The Morgan fingerprint density at radius 3 is 3.00 bits per heavy atom. The van der Waals surface area contributed by atoms with Crippen molar-refractivity contribution < 1.29 is 34.0 Å². The van der Waals surface area contributed by atoms with E-state index in [1.54, 1.807) is 25.4 Å². The smallest absolute Gasteiger partial charge is 0.414 e. The van der Waals surface area contributed by atoms with Gasteiger partial charge in [-0.15, -0.1) is 11.8 Å². The van der Waals surface area contributed by atoms with Crippen LogP contribution >= 0.6 is 11.8 Å². The lowest BCUT2D eigenvalue weighted by Crippen LogP contribution is -2.51. The molecule has 12 heteroatoms. The molecule has 1 saturated heterocycles. The van der Waals surface area contributed by atoms with Crippen LogP contribution in [-0.4, -0.2) is 76.0 Å². The molecule has 0 aliphatic carbocycles. The minimum Gasteiger partial charge on any atom is -0.495 e. The van der Waals surface area contributed by atoms with E-state index >= 15 is 0 Å². The summed E-state index contributed by atoms with van der Waals surface area (Å²) in [6.07, 6.45) is 2.35. The van der Waals surface area contributed by atoms with E-state index < -0.39 is 30.9 Å². The molecule has 0 radical (unpaired) electrons. The number of hydrogen-bond acceptors (Lipinski definition) is 10. The highest BCUT2D eigenvalue weighted by molar-refractivity contribution is 8.00. The number of anilines is 1. The van der Waals surface area contributed by atoms with Crippen molar-refractivity contribution in [1.82, 2.24) is 15.3 Å². The van der Waals surface area contributed by atoms with E-state index in [4.69, 9.17) is 14.2 Å². The molecule has 4 atom stereocenters. The van der Waals surface area contributed by atoms with Gasteiger partial charge in [-0.1, -0.05) is 12.1 Å². The van der Waals surface area contributed by atoms with Crippen LogP contribution in [0.25, 0.3) is 10.9 Å². The van der Waals surface area contributed by atoms with Crippen LogP contribution in [0.1, 0.15) is 31.2 Å². The highest BCUT2D eigenvalue weighted by Gasteiger charge is 2.34. The molecule has 4 heterocycles. The van der Waals surface area contributed by atoms with Crippen LogP contribution < -0.4 is 20.1 Å². The molecule has 1 fully saturated rings. The fourth-order valence-electron chi connectivity index (χ4n) is 5.02. The van der Waals surface area contributed by atoms with Crippen LogP contribution in [0.15, 0.2) is 47.5 Å². The lowest BCUT2D eigenvalue weighted by Gasteiger charge is -2.37. The zero-order chi connectivity index (χ0) is 28.1. The molecule has 11 nitrogen and oxygen atoms in total. The summed E-state index contributed by atoms with van der Waals surface area (Å²) < 4.78 is 17.1. The fourth-order valence-corrected chi connectivity index (χ4v) is 5.77. The number of nitrogens with zero attached hydrogens (tertiary/aromatic N) is 2. The molecule has 0 unspecified atom stereocenters. The van der Waals surface area contributed by atoms with E-state index in [0.29, 0.717) is 30.2 Å². The number of rotatable bonds is 9. The highest BCUT2D eigenvalue weighted by atomic mass is 32.2. The van der Waals surface area contributed by atoms with E-state index in [1.165, 1.54) is 11.8 Å². The second kappa shape index (κ2) is 12.8. The summed E-state index contributed by atoms with van der Waals surface area (Å²) in [5.41, 5.74) is 2.03. The summed E-state index contributed by atoms with van der Waals surface area (Å²) in [5.74, 6) is 1.26. The minimum atomic E-state index is -0.982. The molecule has 212 valence electrons. The maximum Gasteiger partial charge on any atom is 0.414 e. The molecule has 3 aromatic rings. The predicted octanol–water partition coefficient (Wildman–Crippen LogP) is 3.06. The topological polar surface area (TPSA) is 152 Å². The van der Waals surface area contributed by atoms with Gasteiger partial charge in [0.2, 0.25) is 11.8 Å². The number of methoxy groups -OCH3 is 1. The van der Waals surface area contributed by atoms with Crippen molar-refractivity contribution in [3.8, 4) is 11.6 Å². The number of amides is 2. The summed E-state index contributed by atoms with van der Waals surface area (Å²) in [6, 6.07) is 10.9. The number of aryl methyl sites for hydroxylation is 1. The summed E-state index contributed by atoms with van der Waals surface area (Å²) in [4.78, 5) is 33.9. The molecular weight excluding hydrogens is 536 g/mol. The van der Waals surface area contributed by atoms with Gasteiger partial charge in [-0.05, 0) is 49.4 Å². The number of carbonyl (C=O) groups excluding carboxylic acids is 2. The summed E-state index contributed by atoms with van der Waals surface area (Å²) in [7, 11) is 1.62. The van der Waals surface area contributed by atoms with Crippen molar-refractivity contribution in [2.24, 2.45) is 0 Å². The molecule has 2 aliphatic rings. The zero-order valence-electron chi connectivity index (χ0n) is 22.0. The number of benzene rings is 1. The molecule has 2 aromatic heterocycles. The summed E-state index contributed by atoms with van der Waals surface area (Å²) in [5, 5.41) is 26.1. The van der Waals surface area contributed by atoms with Gasteiger partial charge in [-0.25, -0.2) is 4.79 Å². The van der Waals surface area contributed by atoms with Crippen LogP contribution in [0, 0.1) is 0 Å². The molecular formula is C28H32N4O7S. The van der Waals surface area contributed by atoms with Gasteiger partial charge in [-0.2, -0.15) is 4.98 Å². The second-order valence-electron chi connectivity index (χ2n) is 9.82. The maximum atomic E-state index is 12.7. The second-order valence-corrected chi connectivity index (χ2v) is 10.8. The van der Waals surface area contributed by atoms with Gasteiger partial charge < -0.3 is 35.1 Å². The molecule has 0 bridgehead atoms. The van der Waals surface area contributed by atoms with E-state index in [-0.39, 0.29) is 24.3 Å². The third-order valence-corrected chi connectivity index (χ3v) is 8.09. The van der Waals surface area contributed by atoms with Gasteiger partial charge >= 0.3 is 6.09 Å². The van der Waals surface area contributed by atoms with Crippen LogP contribution in [-0.2, 0) is 16.0 Å². The standard InChI is InChI=1S/C28H32N4O7S/c1-37-19-12-20-16(3-2-4-21(20)29-13-19)5-6-18-7-8-22(23(38-18)11-17(34)14-33)30-28(36)39-26-10-9-24-27(32-26)31-25(35)15-40-24/h2-4,9-10,12-13,17-18,22-23,33-34H,5-8,11,14-15H2,1H3,(H,30,36)(H,31,32,35)/t17-,18+,22+,23+/m0/s1. The van der Waals surface area contributed by atoms with Crippen molar-refractivity contribution in [3.63, 3.8) is 0 Å². The number of ether oxygens (including phenoxy) is 3. The lowest BCUT2D eigenvalue weighted by atomic mass is 9.92. The number of aromatic nitrogens is 2. The number of thioether (sulfide) groups is 1. The van der Waals surface area contributed by atoms with Gasteiger partial charge in [0, 0.05) is 17.9 Å². The maximum absolute atomic E-state index is 12.7. The first-order chi connectivity index (χ1) is 19.4. The quantitative estimate of drug-likeness (QED) is 0.303. The van der Waals surface area contributed by atoms with Gasteiger partial charge in [0.25, 0.3) is 0 Å². The first kappa shape index (κ1) is 28.1. The molecule has 4 N–H and O–H groups in total. The molecule has 0 spiro atoms. The average molecular weight is 569 g/mol. The number of aliphatic hydroxyl groups is 2. The highest BCUT2D eigenvalue weighted by Crippen LogP contribution is 2.32. The Balaban J connectivity index is 1.21. The van der Waals surface area contributed by atoms with Gasteiger partial charge in [-0.3, -0.25) is 9.78 Å². The Labute approximate surface area is 235 Å². The van der Waals surface area contributed by atoms with Crippen LogP contribution in [0.3, 0.4) is 0 Å². The zero-order valence-corrected chi connectivity index (χ0v) is 22.9. The summed E-state index contributed by atoms with van der Waals surface area (Å²) in [6.45, 7) is -0.407. The normalized spacial score (nSPS) is 21.3. The number of aliphatic hydroxyl groups excluding tert-OH is 2. The van der Waals surface area contributed by atoms with Crippen LogP contribution in [0.5, 0.6) is 11.6 Å². The Kier molecular flexibility index (Phi) is 9.00. The molecule has 5 rings (SSSR count). The van der Waals surface area contributed by atoms with Crippen LogP contribution in [0.2, 0.25) is 0 Å². The Morgan fingerprint density at radius 1 is 1.30 bits per heavy atom. The number of carbonyl (C=O) groups is 2. The molecule has 2 amide bonds. The van der Waals surface area contributed by atoms with Gasteiger partial charge in [0.05, 0.1) is 60.4 Å². The molecule has 40 heavy (non-hydrogen) atoms. The predicted molar refractivity (Wildman–Crippen MR) is 149 cm³/mol. The largest absolute Gasteiger partial charge is 0.495 e. The van der Waals surface area contributed by atoms with E-state index in [1.807, 2.05) is 18.2 Å². The van der Waals surface area contributed by atoms with E-state index in [9.17, 15) is 19.8 Å². The van der Waals surface area contributed by atoms with Crippen molar-refractivity contribution in [2.45, 2.75) is 61.4 Å². The van der Waals surface area contributed by atoms with Crippen molar-refractivity contribution in [2.75, 3.05) is 24.8 Å². The van der Waals surface area contributed by atoms with Crippen molar-refractivity contribution in [1.29, 1.82) is 0 Å². The molecule has 2 aliphatic heterocycles. The van der Waals surface area contributed by atoms with Crippen LogP contribution in [0.4, 0.5) is 10.6 Å². The SMILES string of the molecule is COc1cnc2cccc(CC[C@@H]3CC[C@@H](NC(=O)Oc4ccc5c(n4)NC(=O)CS5)[C@@H](C[C@H](O)CO)O3)c2c1. The Morgan fingerprint density at radius 2 is 2.17 bits per heavy atom. The monoisotopic (exact) mass is 568 g/mol. The van der Waals surface area contributed by atoms with E-state index in [2.05, 4.69) is 26.7 Å². The third-order valence-electron chi connectivity index (χ3n) is 7.04. The Hall–Kier alpha value is -3.45. The lowest BCUT2D eigenvalue weighted by molar-refractivity contribution is -0.113.